The lowest BCUT2D eigenvalue weighted by Crippen LogP contribution is -2.53. The number of aliphatic hydroxyl groups excluding tert-OH is 1. The maximum atomic E-state index is 12.2. The molecular weight excluding hydrogens is 304 g/mol. The highest BCUT2D eigenvalue weighted by Crippen LogP contribution is 2.63. The van der Waals surface area contributed by atoms with Crippen molar-refractivity contribution < 1.29 is 19.1 Å². The molecule has 1 aromatic heterocycles. The molecule has 0 unspecified atom stereocenters. The zero-order chi connectivity index (χ0) is 16.9. The van der Waals surface area contributed by atoms with Crippen LogP contribution < -0.4 is 0 Å². The van der Waals surface area contributed by atoms with E-state index in [9.17, 15) is 9.90 Å². The molecular formula is C20H26O4. The molecule has 0 radical (unpaired) electrons. The van der Waals surface area contributed by atoms with Gasteiger partial charge in [0, 0.05) is 11.0 Å². The van der Waals surface area contributed by atoms with Crippen molar-refractivity contribution in [3.8, 4) is 0 Å². The van der Waals surface area contributed by atoms with Crippen molar-refractivity contribution in [2.45, 2.75) is 52.1 Å². The Morgan fingerprint density at radius 1 is 1.42 bits per heavy atom. The van der Waals surface area contributed by atoms with E-state index in [-0.39, 0.29) is 22.7 Å². The number of aryl methyl sites for hydroxylation is 1. The summed E-state index contributed by atoms with van der Waals surface area (Å²) in [6, 6.07) is 2.02. The molecule has 4 heteroatoms. The number of carbonyl (C=O) groups excluding carboxylic acids is 1. The van der Waals surface area contributed by atoms with Crippen LogP contribution in [0.1, 0.15) is 45.1 Å². The molecule has 4 rings (SSSR count). The number of carbonyl (C=O) groups is 1. The van der Waals surface area contributed by atoms with Gasteiger partial charge in [0.1, 0.15) is 6.61 Å². The molecule has 4 nitrogen and oxygen atoms in total. The first kappa shape index (κ1) is 15.9. The average molecular weight is 330 g/mol. The Balaban J connectivity index is 1.69. The van der Waals surface area contributed by atoms with Crippen molar-refractivity contribution in [1.29, 1.82) is 0 Å². The molecule has 5 atom stereocenters. The summed E-state index contributed by atoms with van der Waals surface area (Å²) < 4.78 is 10.7. The van der Waals surface area contributed by atoms with Crippen molar-refractivity contribution in [2.24, 2.45) is 22.7 Å². The largest absolute Gasteiger partial charge is 0.472 e. The Hall–Kier alpha value is -1.55. The molecule has 1 saturated carbocycles. The number of hydrogen-bond acceptors (Lipinski definition) is 4. The van der Waals surface area contributed by atoms with Crippen LogP contribution in [-0.4, -0.2) is 23.8 Å². The van der Waals surface area contributed by atoms with Crippen LogP contribution in [0.3, 0.4) is 0 Å². The van der Waals surface area contributed by atoms with Crippen LogP contribution in [0.15, 0.2) is 34.7 Å². The van der Waals surface area contributed by atoms with E-state index in [1.807, 2.05) is 12.3 Å². The van der Waals surface area contributed by atoms with Gasteiger partial charge in [-0.1, -0.05) is 13.8 Å². The van der Waals surface area contributed by atoms with Gasteiger partial charge in [0.15, 0.2) is 0 Å². The normalized spacial score (nSPS) is 41.4. The van der Waals surface area contributed by atoms with Crippen LogP contribution in [0.5, 0.6) is 0 Å². The molecule has 2 aliphatic carbocycles. The maximum Gasteiger partial charge on any atom is 0.334 e. The minimum atomic E-state index is -0.540. The molecule has 0 aromatic carbocycles. The molecule has 130 valence electrons. The summed E-state index contributed by atoms with van der Waals surface area (Å²) in [4.78, 5) is 12.2. The Morgan fingerprint density at radius 3 is 3.00 bits per heavy atom. The van der Waals surface area contributed by atoms with Crippen molar-refractivity contribution in [2.75, 3.05) is 6.61 Å². The Morgan fingerprint density at radius 2 is 2.25 bits per heavy atom. The lowest BCUT2D eigenvalue weighted by atomic mass is 9.46. The molecule has 1 aromatic rings. The van der Waals surface area contributed by atoms with Gasteiger partial charge in [-0.2, -0.15) is 0 Å². The lowest BCUT2D eigenvalue weighted by Gasteiger charge is -2.57. The Kier molecular flexibility index (Phi) is 3.64. The Bertz CT molecular complexity index is 661. The third-order valence-corrected chi connectivity index (χ3v) is 7.20. The van der Waals surface area contributed by atoms with Crippen LogP contribution in [0.4, 0.5) is 0 Å². The minimum absolute atomic E-state index is 0.0734. The van der Waals surface area contributed by atoms with Crippen LogP contribution in [-0.2, 0) is 16.0 Å². The molecule has 24 heavy (non-hydrogen) atoms. The number of rotatable bonds is 3. The van der Waals surface area contributed by atoms with Crippen LogP contribution in [0.2, 0.25) is 0 Å². The standard InChI is InChI=1S/C20H26O4/c1-13-3-7-20-12-24-18(22)16(20)9-15(21)10-17(20)19(13,2)6-4-14-5-8-23-11-14/h5,8-9,11,13,15,17,21H,3-4,6-7,10,12H2,1-2H3/t13-,15+,17-,19+,20-/m1/s1. The monoisotopic (exact) mass is 330 g/mol. The van der Waals surface area contributed by atoms with Gasteiger partial charge in [-0.3, -0.25) is 0 Å². The molecule has 0 amide bonds. The number of cyclic esters (lactones) is 1. The molecule has 1 saturated heterocycles. The zero-order valence-corrected chi connectivity index (χ0v) is 14.5. The van der Waals surface area contributed by atoms with E-state index >= 15 is 0 Å². The number of furan rings is 1. The van der Waals surface area contributed by atoms with Crippen LogP contribution in [0, 0.1) is 22.7 Å². The summed E-state index contributed by atoms with van der Waals surface area (Å²) in [7, 11) is 0. The molecule has 2 fully saturated rings. The van der Waals surface area contributed by atoms with E-state index in [0.717, 1.165) is 37.7 Å². The van der Waals surface area contributed by atoms with Crippen LogP contribution in [0.25, 0.3) is 0 Å². The van der Waals surface area contributed by atoms with E-state index in [1.54, 1.807) is 12.3 Å². The maximum absolute atomic E-state index is 12.2. The summed E-state index contributed by atoms with van der Waals surface area (Å²) in [5, 5.41) is 10.4. The zero-order valence-electron chi connectivity index (χ0n) is 14.5. The smallest absolute Gasteiger partial charge is 0.334 e. The second-order valence-corrected chi connectivity index (χ2v) is 8.25. The van der Waals surface area contributed by atoms with Gasteiger partial charge in [-0.25, -0.2) is 4.79 Å². The quantitative estimate of drug-likeness (QED) is 0.862. The fourth-order valence-electron chi connectivity index (χ4n) is 5.50. The first-order valence-electron chi connectivity index (χ1n) is 9.04. The van der Waals surface area contributed by atoms with E-state index in [1.165, 1.54) is 5.56 Å². The van der Waals surface area contributed by atoms with Crippen molar-refractivity contribution in [1.82, 2.24) is 0 Å². The molecule has 3 aliphatic rings. The molecule has 1 N–H and O–H groups in total. The van der Waals surface area contributed by atoms with Gasteiger partial charge < -0.3 is 14.3 Å². The first-order valence-corrected chi connectivity index (χ1v) is 9.04. The fourth-order valence-corrected chi connectivity index (χ4v) is 5.50. The average Bonchev–Trinajstić information content (AvgIpc) is 3.18. The van der Waals surface area contributed by atoms with Gasteiger partial charge >= 0.3 is 5.97 Å². The lowest BCUT2D eigenvalue weighted by molar-refractivity contribution is -0.135. The number of ether oxygens (including phenoxy) is 1. The van der Waals surface area contributed by atoms with Gasteiger partial charge in [0.25, 0.3) is 0 Å². The highest BCUT2D eigenvalue weighted by Gasteiger charge is 2.61. The number of hydrogen-bond donors (Lipinski definition) is 1. The van der Waals surface area contributed by atoms with Crippen molar-refractivity contribution >= 4 is 5.97 Å². The van der Waals surface area contributed by atoms with Gasteiger partial charge in [0.05, 0.1) is 18.6 Å². The summed E-state index contributed by atoms with van der Waals surface area (Å²) >= 11 is 0. The molecule has 1 spiro atoms. The minimum Gasteiger partial charge on any atom is -0.472 e. The summed E-state index contributed by atoms with van der Waals surface area (Å²) in [6.07, 6.45) is 9.58. The second-order valence-electron chi connectivity index (χ2n) is 8.25. The first-order chi connectivity index (χ1) is 11.5. The Labute approximate surface area is 142 Å². The predicted molar refractivity (Wildman–Crippen MR) is 89.1 cm³/mol. The topological polar surface area (TPSA) is 59.7 Å². The number of aliphatic hydroxyl groups is 1. The van der Waals surface area contributed by atoms with Crippen LogP contribution >= 0.6 is 0 Å². The van der Waals surface area contributed by atoms with E-state index in [4.69, 9.17) is 9.15 Å². The van der Waals surface area contributed by atoms with Crippen molar-refractivity contribution in [3.63, 3.8) is 0 Å². The van der Waals surface area contributed by atoms with Gasteiger partial charge in [-0.05, 0) is 67.1 Å². The summed E-state index contributed by atoms with van der Waals surface area (Å²) in [5.74, 6) is 0.620. The summed E-state index contributed by atoms with van der Waals surface area (Å²) in [5.41, 5.74) is 1.85. The second kappa shape index (κ2) is 5.48. The predicted octanol–water partition coefficient (Wildman–Crippen LogP) is 3.50. The van der Waals surface area contributed by atoms with Gasteiger partial charge in [0.2, 0.25) is 0 Å². The SMILES string of the molecule is C[C@@H]1CC[C@@]23COC(=O)C2=C[C@H](O)C[C@@H]3[C@@]1(C)CCc1ccoc1. The third kappa shape index (κ3) is 2.19. The highest BCUT2D eigenvalue weighted by atomic mass is 16.5. The summed E-state index contributed by atoms with van der Waals surface area (Å²) in [6.45, 7) is 5.16. The number of esters is 1. The van der Waals surface area contributed by atoms with E-state index in [0.29, 0.717) is 12.5 Å². The highest BCUT2D eigenvalue weighted by molar-refractivity contribution is 5.92. The molecule has 0 bridgehead atoms. The van der Waals surface area contributed by atoms with Crippen molar-refractivity contribution in [3.05, 3.63) is 35.8 Å². The fraction of sp³-hybridized carbons (Fsp3) is 0.650. The van der Waals surface area contributed by atoms with E-state index < -0.39 is 6.10 Å². The van der Waals surface area contributed by atoms with Gasteiger partial charge in [-0.15, -0.1) is 0 Å². The molecule has 1 aliphatic heterocycles. The van der Waals surface area contributed by atoms with E-state index in [2.05, 4.69) is 13.8 Å². The third-order valence-electron chi connectivity index (χ3n) is 7.20. The molecule has 2 heterocycles.